The average Bonchev–Trinajstić information content (AvgIpc) is 2.26. The Hall–Kier alpha value is -0.613. The summed E-state index contributed by atoms with van der Waals surface area (Å²) < 4.78 is 6.34. The largest absolute Gasteiger partial charge is 0.481 e. The highest BCUT2D eigenvalue weighted by atomic mass is 28.4. The maximum absolute atomic E-state index is 11.1. The molecule has 0 aromatic heterocycles. The lowest BCUT2D eigenvalue weighted by atomic mass is 9.89. The molecule has 0 radical (unpaired) electrons. The zero-order valence-electron chi connectivity index (χ0n) is 15.3. The van der Waals surface area contributed by atoms with E-state index in [-0.39, 0.29) is 11.1 Å². The van der Waals surface area contributed by atoms with E-state index in [9.17, 15) is 4.79 Å². The normalized spacial score (nSPS) is 15.7. The molecule has 4 heteroatoms. The minimum atomic E-state index is -1.84. The van der Waals surface area contributed by atoms with E-state index in [4.69, 9.17) is 9.53 Å². The summed E-state index contributed by atoms with van der Waals surface area (Å²) in [6.45, 7) is 19.1. The van der Waals surface area contributed by atoms with Crippen LogP contribution in [0.3, 0.4) is 0 Å². The van der Waals surface area contributed by atoms with Crippen LogP contribution in [-0.4, -0.2) is 25.5 Å². The molecule has 1 atom stereocenters. The molecule has 3 nitrogen and oxygen atoms in total. The van der Waals surface area contributed by atoms with Gasteiger partial charge in [-0.2, -0.15) is 0 Å². The van der Waals surface area contributed by atoms with Crippen molar-refractivity contribution in [3.05, 3.63) is 12.2 Å². The molecule has 1 N–H and O–H groups in total. The summed E-state index contributed by atoms with van der Waals surface area (Å²) in [7, 11) is -1.84. The number of carboxylic acid groups (broad SMARTS) is 1. The van der Waals surface area contributed by atoms with Crippen molar-refractivity contribution in [2.24, 2.45) is 11.3 Å². The minimum absolute atomic E-state index is 0.0225. The van der Waals surface area contributed by atoms with E-state index in [1.54, 1.807) is 13.8 Å². The molecule has 0 aliphatic carbocycles. The summed E-state index contributed by atoms with van der Waals surface area (Å²) in [5.74, 6) is -0.197. The van der Waals surface area contributed by atoms with Crippen LogP contribution in [0.1, 0.15) is 54.9 Å². The van der Waals surface area contributed by atoms with E-state index >= 15 is 0 Å². The number of aliphatic carboxylic acids is 1. The van der Waals surface area contributed by atoms with Gasteiger partial charge in [-0.25, -0.2) is 0 Å². The second kappa shape index (κ2) is 7.10. The van der Waals surface area contributed by atoms with Crippen LogP contribution in [0.4, 0.5) is 0 Å². The Kier molecular flexibility index (Phi) is 6.89. The third-order valence-electron chi connectivity index (χ3n) is 5.09. The third-order valence-corrected chi connectivity index (χ3v) is 9.73. The molecule has 0 heterocycles. The fourth-order valence-corrected chi connectivity index (χ4v) is 4.69. The second-order valence-electron chi connectivity index (χ2n) is 8.03. The highest BCUT2D eigenvalue weighted by Gasteiger charge is 2.43. The van der Waals surface area contributed by atoms with Crippen molar-refractivity contribution in [2.75, 3.05) is 0 Å². The standard InChI is InChI=1S/C17H34O3Si/c1-13(2)17(6,7)21(8,9)20-14(3)11-10-12-16(4,5)15(18)19/h10-11,13-14H,12H2,1-9H3,(H,18,19)/t14-/m1/s1. The monoisotopic (exact) mass is 314 g/mol. The van der Waals surface area contributed by atoms with Crippen LogP contribution in [0.25, 0.3) is 0 Å². The third kappa shape index (κ3) is 5.59. The summed E-state index contributed by atoms with van der Waals surface area (Å²) >= 11 is 0. The van der Waals surface area contributed by atoms with Crippen molar-refractivity contribution in [1.82, 2.24) is 0 Å². The van der Waals surface area contributed by atoms with Crippen molar-refractivity contribution in [3.8, 4) is 0 Å². The zero-order valence-corrected chi connectivity index (χ0v) is 16.3. The van der Waals surface area contributed by atoms with Gasteiger partial charge in [-0.15, -0.1) is 0 Å². The molecule has 0 aromatic carbocycles. The van der Waals surface area contributed by atoms with Gasteiger partial charge in [-0.1, -0.05) is 39.8 Å². The van der Waals surface area contributed by atoms with Crippen LogP contribution in [0, 0.1) is 11.3 Å². The summed E-state index contributed by atoms with van der Waals surface area (Å²) in [5, 5.41) is 9.29. The number of allylic oxidation sites excluding steroid dienone is 1. The highest BCUT2D eigenvalue weighted by molar-refractivity contribution is 6.74. The zero-order chi connectivity index (χ0) is 17.1. The Morgan fingerprint density at radius 3 is 2.05 bits per heavy atom. The van der Waals surface area contributed by atoms with Crippen molar-refractivity contribution in [3.63, 3.8) is 0 Å². The molecule has 0 saturated carbocycles. The van der Waals surface area contributed by atoms with Crippen LogP contribution in [0.2, 0.25) is 18.1 Å². The van der Waals surface area contributed by atoms with Crippen LogP contribution in [0.15, 0.2) is 12.2 Å². The molecule has 0 aliphatic rings. The molecule has 0 aliphatic heterocycles. The van der Waals surface area contributed by atoms with E-state index in [0.717, 1.165) is 0 Å². The fourth-order valence-electron chi connectivity index (χ4n) is 1.99. The van der Waals surface area contributed by atoms with E-state index in [1.807, 2.05) is 19.1 Å². The van der Waals surface area contributed by atoms with Gasteiger partial charge >= 0.3 is 5.97 Å². The SMILES string of the molecule is CC(C)C(C)(C)[Si](C)(C)O[C@H](C)C=CCC(C)(C)C(=O)O. The van der Waals surface area contributed by atoms with Gasteiger partial charge < -0.3 is 9.53 Å². The van der Waals surface area contributed by atoms with Gasteiger partial charge in [0.15, 0.2) is 8.32 Å². The molecular formula is C17H34O3Si. The van der Waals surface area contributed by atoms with Crippen LogP contribution < -0.4 is 0 Å². The first-order chi connectivity index (χ1) is 9.24. The Bertz CT molecular complexity index is 381. The highest BCUT2D eigenvalue weighted by Crippen LogP contribution is 2.45. The molecule has 124 valence electrons. The molecular weight excluding hydrogens is 280 g/mol. The predicted molar refractivity (Wildman–Crippen MR) is 92.1 cm³/mol. The first-order valence-corrected chi connectivity index (χ1v) is 10.7. The topological polar surface area (TPSA) is 46.5 Å². The van der Waals surface area contributed by atoms with Crippen molar-refractivity contribution < 1.29 is 14.3 Å². The maximum Gasteiger partial charge on any atom is 0.309 e. The first-order valence-electron chi connectivity index (χ1n) is 7.82. The number of hydrogen-bond acceptors (Lipinski definition) is 2. The lowest BCUT2D eigenvalue weighted by Gasteiger charge is -2.43. The van der Waals surface area contributed by atoms with Crippen molar-refractivity contribution >= 4 is 14.3 Å². The maximum atomic E-state index is 11.1. The molecule has 0 rings (SSSR count). The molecule has 0 unspecified atom stereocenters. The number of rotatable bonds is 8. The molecule has 0 saturated heterocycles. The summed E-state index contributed by atoms with van der Waals surface area (Å²) in [6.07, 6.45) is 4.47. The first kappa shape index (κ1) is 20.4. The molecule has 0 amide bonds. The van der Waals surface area contributed by atoms with Gasteiger partial charge in [-0.05, 0) is 51.2 Å². The molecule has 0 spiro atoms. The van der Waals surface area contributed by atoms with Crippen LogP contribution >= 0.6 is 0 Å². The Morgan fingerprint density at radius 1 is 1.19 bits per heavy atom. The fraction of sp³-hybridized carbons (Fsp3) is 0.824. The van der Waals surface area contributed by atoms with Gasteiger partial charge in [0, 0.05) is 0 Å². The van der Waals surface area contributed by atoms with E-state index in [1.165, 1.54) is 0 Å². The summed E-state index contributed by atoms with van der Waals surface area (Å²) in [4.78, 5) is 11.1. The van der Waals surface area contributed by atoms with Gasteiger partial charge in [0.25, 0.3) is 0 Å². The van der Waals surface area contributed by atoms with Crippen LogP contribution in [-0.2, 0) is 9.22 Å². The van der Waals surface area contributed by atoms with E-state index < -0.39 is 19.7 Å². The summed E-state index contributed by atoms with van der Waals surface area (Å²) in [6, 6.07) is 0. The van der Waals surface area contributed by atoms with E-state index in [2.05, 4.69) is 40.8 Å². The minimum Gasteiger partial charge on any atom is -0.481 e. The van der Waals surface area contributed by atoms with Gasteiger partial charge in [-0.3, -0.25) is 4.79 Å². The smallest absolute Gasteiger partial charge is 0.309 e. The summed E-state index contributed by atoms with van der Waals surface area (Å²) in [5.41, 5.74) is -0.722. The lowest BCUT2D eigenvalue weighted by molar-refractivity contribution is -0.146. The van der Waals surface area contributed by atoms with E-state index in [0.29, 0.717) is 12.3 Å². The lowest BCUT2D eigenvalue weighted by Crippen LogP contribution is -2.46. The second-order valence-corrected chi connectivity index (χ2v) is 12.6. The van der Waals surface area contributed by atoms with Crippen molar-refractivity contribution in [2.45, 2.75) is 79.1 Å². The average molecular weight is 315 g/mol. The van der Waals surface area contributed by atoms with Gasteiger partial charge in [0.2, 0.25) is 0 Å². The molecule has 0 aromatic rings. The predicted octanol–water partition coefficient (Wildman–Crippen LogP) is 5.09. The van der Waals surface area contributed by atoms with Gasteiger partial charge in [0.1, 0.15) is 0 Å². The Balaban J connectivity index is 4.70. The Labute approximate surface area is 131 Å². The van der Waals surface area contributed by atoms with Crippen molar-refractivity contribution in [1.29, 1.82) is 0 Å². The number of carboxylic acids is 1. The number of carbonyl (C=O) groups is 1. The molecule has 0 fully saturated rings. The Morgan fingerprint density at radius 2 is 1.67 bits per heavy atom. The number of hydrogen-bond donors (Lipinski definition) is 1. The van der Waals surface area contributed by atoms with Crippen LogP contribution in [0.5, 0.6) is 0 Å². The molecule has 0 bridgehead atoms. The molecule has 21 heavy (non-hydrogen) atoms. The quantitative estimate of drug-likeness (QED) is 0.501. The van der Waals surface area contributed by atoms with Gasteiger partial charge in [0.05, 0.1) is 11.5 Å².